The first-order chi connectivity index (χ1) is 10.1. The van der Waals surface area contributed by atoms with Gasteiger partial charge in [0.2, 0.25) is 0 Å². The minimum Gasteiger partial charge on any atom is -0.477 e. The number of carboxylic acids is 1. The van der Waals surface area contributed by atoms with Crippen molar-refractivity contribution in [2.45, 2.75) is 19.8 Å². The third kappa shape index (κ3) is 2.89. The Balaban J connectivity index is 1.98. The fourth-order valence-corrected chi connectivity index (χ4v) is 2.46. The average Bonchev–Trinajstić information content (AvgIpc) is 3.02. The number of hydrogen-bond acceptors (Lipinski definition) is 5. The highest BCUT2D eigenvalue weighted by atomic mass is 16.4. The molecule has 0 aliphatic carbocycles. The van der Waals surface area contributed by atoms with Gasteiger partial charge in [-0.1, -0.05) is 6.92 Å². The van der Waals surface area contributed by atoms with E-state index < -0.39 is 5.97 Å². The van der Waals surface area contributed by atoms with Crippen molar-refractivity contribution >= 4 is 11.8 Å². The van der Waals surface area contributed by atoms with Crippen LogP contribution < -0.4 is 4.90 Å². The lowest BCUT2D eigenvalue weighted by Gasteiger charge is -2.31. The molecule has 3 heterocycles. The number of nitrogens with zero attached hydrogens (tertiary/aromatic N) is 3. The monoisotopic (exact) mass is 287 g/mol. The van der Waals surface area contributed by atoms with E-state index >= 15 is 0 Å². The Morgan fingerprint density at radius 2 is 2.14 bits per heavy atom. The first kappa shape index (κ1) is 13.6. The van der Waals surface area contributed by atoms with Crippen LogP contribution >= 0.6 is 0 Å². The van der Waals surface area contributed by atoms with Gasteiger partial charge >= 0.3 is 5.97 Å². The van der Waals surface area contributed by atoms with Gasteiger partial charge in [-0.05, 0) is 30.9 Å². The zero-order valence-electron chi connectivity index (χ0n) is 11.8. The van der Waals surface area contributed by atoms with Gasteiger partial charge in [-0.15, -0.1) is 0 Å². The van der Waals surface area contributed by atoms with Gasteiger partial charge in [-0.3, -0.25) is 0 Å². The molecule has 3 rings (SSSR count). The number of furan rings is 1. The van der Waals surface area contributed by atoms with Crippen LogP contribution in [-0.2, 0) is 0 Å². The molecular formula is C15H17N3O3. The van der Waals surface area contributed by atoms with Crippen molar-refractivity contribution in [3.05, 3.63) is 30.2 Å². The molecule has 1 fully saturated rings. The van der Waals surface area contributed by atoms with Crippen molar-refractivity contribution in [3.63, 3.8) is 0 Å². The van der Waals surface area contributed by atoms with Gasteiger partial charge in [0.25, 0.3) is 0 Å². The van der Waals surface area contributed by atoms with Crippen LogP contribution in [0.5, 0.6) is 0 Å². The molecule has 0 atom stereocenters. The molecule has 0 spiro atoms. The molecule has 2 aromatic heterocycles. The second kappa shape index (κ2) is 5.55. The molecule has 1 aliphatic rings. The van der Waals surface area contributed by atoms with Crippen LogP contribution in [0.1, 0.15) is 30.3 Å². The Morgan fingerprint density at radius 1 is 1.38 bits per heavy atom. The largest absolute Gasteiger partial charge is 0.477 e. The van der Waals surface area contributed by atoms with Crippen LogP contribution in [0.3, 0.4) is 0 Å². The Labute approximate surface area is 122 Å². The maximum Gasteiger partial charge on any atom is 0.354 e. The van der Waals surface area contributed by atoms with Crippen LogP contribution in [-0.4, -0.2) is 34.1 Å². The van der Waals surface area contributed by atoms with E-state index in [-0.39, 0.29) is 5.69 Å². The molecule has 2 aromatic rings. The highest BCUT2D eigenvalue weighted by Gasteiger charge is 2.20. The van der Waals surface area contributed by atoms with Gasteiger partial charge in [-0.25, -0.2) is 14.8 Å². The summed E-state index contributed by atoms with van der Waals surface area (Å²) in [6, 6.07) is 4.99. The van der Waals surface area contributed by atoms with E-state index in [0.29, 0.717) is 23.3 Å². The molecule has 21 heavy (non-hydrogen) atoms. The molecule has 1 N–H and O–H groups in total. The average molecular weight is 287 g/mol. The molecule has 0 bridgehead atoms. The SMILES string of the molecule is CC1CCN(c2cc(C(=O)O)nc(-c3ccco3)n2)CC1. The minimum atomic E-state index is -1.06. The summed E-state index contributed by atoms with van der Waals surface area (Å²) in [6.07, 6.45) is 3.69. The van der Waals surface area contributed by atoms with E-state index in [4.69, 9.17) is 4.42 Å². The molecule has 6 heteroatoms. The van der Waals surface area contributed by atoms with Gasteiger partial charge in [0.05, 0.1) is 6.26 Å². The summed E-state index contributed by atoms with van der Waals surface area (Å²) < 4.78 is 5.28. The molecule has 110 valence electrons. The zero-order chi connectivity index (χ0) is 14.8. The number of carboxylic acid groups (broad SMARTS) is 1. The van der Waals surface area contributed by atoms with Crippen LogP contribution in [0.15, 0.2) is 28.9 Å². The Morgan fingerprint density at radius 3 is 2.76 bits per heavy atom. The summed E-state index contributed by atoms with van der Waals surface area (Å²) in [5.41, 5.74) is -0.00924. The lowest BCUT2D eigenvalue weighted by molar-refractivity contribution is 0.0690. The maximum atomic E-state index is 11.3. The molecule has 0 unspecified atom stereocenters. The van der Waals surface area contributed by atoms with Crippen molar-refractivity contribution in [1.82, 2.24) is 9.97 Å². The number of piperidine rings is 1. The lowest BCUT2D eigenvalue weighted by Crippen LogP contribution is -2.33. The third-order valence-electron chi connectivity index (χ3n) is 3.78. The van der Waals surface area contributed by atoms with Crippen molar-refractivity contribution in [1.29, 1.82) is 0 Å². The topological polar surface area (TPSA) is 79.5 Å². The van der Waals surface area contributed by atoms with E-state index in [2.05, 4.69) is 21.8 Å². The van der Waals surface area contributed by atoms with Crippen molar-refractivity contribution in [2.24, 2.45) is 5.92 Å². The van der Waals surface area contributed by atoms with Crippen LogP contribution in [0.4, 0.5) is 5.82 Å². The summed E-state index contributed by atoms with van der Waals surface area (Å²) in [6.45, 7) is 4.00. The summed E-state index contributed by atoms with van der Waals surface area (Å²) in [5.74, 6) is 1.09. The lowest BCUT2D eigenvalue weighted by atomic mass is 9.99. The summed E-state index contributed by atoms with van der Waals surface area (Å²) in [7, 11) is 0. The highest BCUT2D eigenvalue weighted by Crippen LogP contribution is 2.24. The highest BCUT2D eigenvalue weighted by molar-refractivity contribution is 5.86. The second-order valence-electron chi connectivity index (χ2n) is 5.39. The molecular weight excluding hydrogens is 270 g/mol. The molecule has 0 saturated carbocycles. The molecule has 0 aromatic carbocycles. The Hall–Kier alpha value is -2.37. The smallest absolute Gasteiger partial charge is 0.354 e. The number of hydrogen-bond donors (Lipinski definition) is 1. The first-order valence-corrected chi connectivity index (χ1v) is 7.04. The second-order valence-corrected chi connectivity index (χ2v) is 5.39. The van der Waals surface area contributed by atoms with Crippen molar-refractivity contribution in [2.75, 3.05) is 18.0 Å². The summed E-state index contributed by atoms with van der Waals surface area (Å²) >= 11 is 0. The fraction of sp³-hybridized carbons (Fsp3) is 0.400. The predicted octanol–water partition coefficient (Wildman–Crippen LogP) is 2.67. The van der Waals surface area contributed by atoms with Crippen LogP contribution in [0, 0.1) is 5.92 Å². The fourth-order valence-electron chi connectivity index (χ4n) is 2.46. The van der Waals surface area contributed by atoms with Gasteiger partial charge in [0, 0.05) is 19.2 Å². The normalized spacial score (nSPS) is 16.1. The zero-order valence-corrected chi connectivity index (χ0v) is 11.8. The van der Waals surface area contributed by atoms with Gasteiger partial charge in [0.15, 0.2) is 17.3 Å². The standard InChI is InChI=1S/C15H17N3O3/c1-10-4-6-18(7-5-10)13-9-11(15(19)20)16-14(17-13)12-3-2-8-21-12/h2-3,8-10H,4-7H2,1H3,(H,19,20). The minimum absolute atomic E-state index is 0.00924. The van der Waals surface area contributed by atoms with Gasteiger partial charge in [-0.2, -0.15) is 0 Å². The molecule has 1 aliphatic heterocycles. The van der Waals surface area contributed by atoms with Crippen molar-refractivity contribution in [3.8, 4) is 11.6 Å². The molecule has 6 nitrogen and oxygen atoms in total. The Kier molecular flexibility index (Phi) is 3.60. The number of carbonyl (C=O) groups is 1. The number of aromatic carboxylic acids is 1. The van der Waals surface area contributed by atoms with E-state index in [1.54, 1.807) is 12.1 Å². The van der Waals surface area contributed by atoms with E-state index in [1.165, 1.54) is 12.3 Å². The van der Waals surface area contributed by atoms with Crippen LogP contribution in [0.2, 0.25) is 0 Å². The number of anilines is 1. The van der Waals surface area contributed by atoms with E-state index in [0.717, 1.165) is 25.9 Å². The maximum absolute atomic E-state index is 11.3. The van der Waals surface area contributed by atoms with E-state index in [1.807, 2.05) is 0 Å². The van der Waals surface area contributed by atoms with E-state index in [9.17, 15) is 9.90 Å². The summed E-state index contributed by atoms with van der Waals surface area (Å²) in [5, 5.41) is 9.23. The number of aromatic nitrogens is 2. The summed E-state index contributed by atoms with van der Waals surface area (Å²) in [4.78, 5) is 21.9. The number of rotatable bonds is 3. The van der Waals surface area contributed by atoms with Gasteiger partial charge in [0.1, 0.15) is 5.82 Å². The molecule has 0 amide bonds. The van der Waals surface area contributed by atoms with Crippen LogP contribution in [0.25, 0.3) is 11.6 Å². The predicted molar refractivity (Wildman–Crippen MR) is 77.3 cm³/mol. The van der Waals surface area contributed by atoms with Crippen molar-refractivity contribution < 1.29 is 14.3 Å². The Bertz CT molecular complexity index is 632. The first-order valence-electron chi connectivity index (χ1n) is 7.04. The quantitative estimate of drug-likeness (QED) is 0.935. The molecule has 1 saturated heterocycles. The van der Waals surface area contributed by atoms with Gasteiger partial charge < -0.3 is 14.4 Å². The molecule has 0 radical (unpaired) electrons. The third-order valence-corrected chi connectivity index (χ3v) is 3.78.